The standard InChI is InChI=1S/C30H31F3O3/c1-3-17-35-25-14-9-22(28(31)18-25)19-36-24-12-7-21(8-13-24)27-16-15-26(29(32)30(27)33)20-5-10-23(11-6-20)34-4-2/h3,7-9,12-16,18,20,23H,1,4-6,10-11,17,19H2,2H3. The maximum Gasteiger partial charge on any atom is 0.166 e. The number of hydrogen-bond donors (Lipinski definition) is 0. The van der Waals surface area contributed by atoms with Crippen molar-refractivity contribution in [2.24, 2.45) is 0 Å². The molecule has 0 aromatic heterocycles. The van der Waals surface area contributed by atoms with Gasteiger partial charge in [0.2, 0.25) is 0 Å². The van der Waals surface area contributed by atoms with Crippen LogP contribution in [-0.4, -0.2) is 19.3 Å². The van der Waals surface area contributed by atoms with E-state index in [0.29, 0.717) is 41.4 Å². The number of halogens is 3. The first-order chi connectivity index (χ1) is 17.5. The fourth-order valence-corrected chi connectivity index (χ4v) is 4.66. The first-order valence-electron chi connectivity index (χ1n) is 12.3. The molecule has 6 heteroatoms. The first-order valence-corrected chi connectivity index (χ1v) is 12.3. The van der Waals surface area contributed by atoms with Crippen molar-refractivity contribution in [3.8, 4) is 22.6 Å². The summed E-state index contributed by atoms with van der Waals surface area (Å²) in [5.74, 6) is -1.13. The molecule has 1 aliphatic rings. The van der Waals surface area contributed by atoms with Crippen LogP contribution >= 0.6 is 0 Å². The Kier molecular flexibility index (Phi) is 8.70. The lowest BCUT2D eigenvalue weighted by Crippen LogP contribution is -2.21. The van der Waals surface area contributed by atoms with E-state index in [1.54, 1.807) is 54.6 Å². The van der Waals surface area contributed by atoms with Crippen molar-refractivity contribution in [3.63, 3.8) is 0 Å². The summed E-state index contributed by atoms with van der Waals surface area (Å²) in [6.45, 7) is 6.53. The van der Waals surface area contributed by atoms with Crippen LogP contribution in [0.2, 0.25) is 0 Å². The quantitative estimate of drug-likeness (QED) is 0.266. The van der Waals surface area contributed by atoms with Crippen molar-refractivity contribution in [2.45, 2.75) is 51.2 Å². The zero-order valence-corrected chi connectivity index (χ0v) is 20.4. The molecule has 4 rings (SSSR count). The predicted octanol–water partition coefficient (Wildman–Crippen LogP) is 7.98. The summed E-state index contributed by atoms with van der Waals surface area (Å²) < 4.78 is 61.0. The van der Waals surface area contributed by atoms with E-state index in [-0.39, 0.29) is 24.2 Å². The largest absolute Gasteiger partial charge is 0.489 e. The molecule has 3 aromatic carbocycles. The molecule has 190 valence electrons. The molecule has 0 aliphatic heterocycles. The first kappa shape index (κ1) is 25.8. The zero-order chi connectivity index (χ0) is 25.5. The van der Waals surface area contributed by atoms with Crippen molar-refractivity contribution >= 4 is 0 Å². The van der Waals surface area contributed by atoms with Crippen LogP contribution in [0.3, 0.4) is 0 Å². The Morgan fingerprint density at radius 1 is 0.861 bits per heavy atom. The van der Waals surface area contributed by atoms with Gasteiger partial charge in [0.25, 0.3) is 0 Å². The van der Waals surface area contributed by atoms with E-state index < -0.39 is 17.5 Å². The topological polar surface area (TPSA) is 27.7 Å². The summed E-state index contributed by atoms with van der Waals surface area (Å²) in [6.07, 6.45) is 5.10. The van der Waals surface area contributed by atoms with E-state index in [4.69, 9.17) is 14.2 Å². The SMILES string of the molecule is C=CCOc1ccc(COc2ccc(-c3ccc(C4CCC(OCC)CC4)c(F)c3F)cc2)c(F)c1. The average Bonchev–Trinajstić information content (AvgIpc) is 2.90. The maximum absolute atomic E-state index is 15.0. The van der Waals surface area contributed by atoms with Crippen molar-refractivity contribution in [1.82, 2.24) is 0 Å². The van der Waals surface area contributed by atoms with Crippen LogP contribution < -0.4 is 9.47 Å². The minimum Gasteiger partial charge on any atom is -0.489 e. The molecule has 3 aromatic rings. The Hall–Kier alpha value is -3.25. The molecule has 0 radical (unpaired) electrons. The van der Waals surface area contributed by atoms with Crippen molar-refractivity contribution in [2.75, 3.05) is 13.2 Å². The van der Waals surface area contributed by atoms with Gasteiger partial charge in [-0.2, -0.15) is 0 Å². The van der Waals surface area contributed by atoms with Crippen LogP contribution in [0.5, 0.6) is 11.5 Å². The van der Waals surface area contributed by atoms with E-state index in [2.05, 4.69) is 6.58 Å². The normalized spacial score (nSPS) is 17.6. The van der Waals surface area contributed by atoms with Crippen molar-refractivity contribution in [1.29, 1.82) is 0 Å². The summed E-state index contributed by atoms with van der Waals surface area (Å²) in [5.41, 5.74) is 1.56. The number of rotatable bonds is 10. The Morgan fingerprint density at radius 2 is 1.58 bits per heavy atom. The molecule has 0 unspecified atom stereocenters. The van der Waals surface area contributed by atoms with E-state index in [1.807, 2.05) is 6.92 Å². The second-order valence-corrected chi connectivity index (χ2v) is 8.93. The monoisotopic (exact) mass is 496 g/mol. The third-order valence-corrected chi connectivity index (χ3v) is 6.58. The van der Waals surface area contributed by atoms with Crippen molar-refractivity contribution in [3.05, 3.63) is 95.8 Å². The van der Waals surface area contributed by atoms with Gasteiger partial charge in [0.1, 0.15) is 30.5 Å². The van der Waals surface area contributed by atoms with Gasteiger partial charge in [-0.3, -0.25) is 0 Å². The molecule has 0 spiro atoms. The Labute approximate surface area is 210 Å². The highest BCUT2D eigenvalue weighted by Gasteiger charge is 2.26. The van der Waals surface area contributed by atoms with Crippen LogP contribution in [0, 0.1) is 17.5 Å². The van der Waals surface area contributed by atoms with Gasteiger partial charge < -0.3 is 14.2 Å². The van der Waals surface area contributed by atoms with E-state index in [1.165, 1.54) is 6.07 Å². The predicted molar refractivity (Wildman–Crippen MR) is 135 cm³/mol. The minimum atomic E-state index is -0.839. The highest BCUT2D eigenvalue weighted by molar-refractivity contribution is 5.65. The molecular formula is C30H31F3O3. The number of ether oxygens (including phenoxy) is 3. The van der Waals surface area contributed by atoms with Gasteiger partial charge in [0, 0.05) is 23.8 Å². The molecule has 0 saturated heterocycles. The number of benzene rings is 3. The zero-order valence-electron chi connectivity index (χ0n) is 20.4. The molecule has 36 heavy (non-hydrogen) atoms. The van der Waals surface area contributed by atoms with Gasteiger partial charge in [-0.1, -0.05) is 36.9 Å². The lowest BCUT2D eigenvalue weighted by Gasteiger charge is -2.29. The summed E-state index contributed by atoms with van der Waals surface area (Å²) in [6, 6.07) is 14.6. The van der Waals surface area contributed by atoms with Crippen molar-refractivity contribution < 1.29 is 27.4 Å². The van der Waals surface area contributed by atoms with E-state index in [0.717, 1.165) is 25.7 Å². The molecule has 1 saturated carbocycles. The molecule has 0 N–H and O–H groups in total. The van der Waals surface area contributed by atoms with Crippen LogP contribution in [0.15, 0.2) is 67.3 Å². The molecule has 1 aliphatic carbocycles. The Bertz CT molecular complexity index is 1170. The Balaban J connectivity index is 1.40. The fraction of sp³-hybridized carbons (Fsp3) is 0.333. The lowest BCUT2D eigenvalue weighted by molar-refractivity contribution is 0.0325. The summed E-state index contributed by atoms with van der Waals surface area (Å²) in [7, 11) is 0. The van der Waals surface area contributed by atoms with Gasteiger partial charge in [-0.05, 0) is 73.9 Å². The molecule has 3 nitrogen and oxygen atoms in total. The minimum absolute atomic E-state index is 0.00374. The van der Waals surface area contributed by atoms with E-state index >= 15 is 8.78 Å². The molecule has 0 heterocycles. The average molecular weight is 497 g/mol. The van der Waals surface area contributed by atoms with Crippen LogP contribution in [0.25, 0.3) is 11.1 Å². The highest BCUT2D eigenvalue weighted by Crippen LogP contribution is 2.38. The molecular weight excluding hydrogens is 465 g/mol. The smallest absolute Gasteiger partial charge is 0.166 e. The van der Waals surface area contributed by atoms with Gasteiger partial charge in [-0.25, -0.2) is 13.2 Å². The molecule has 0 amide bonds. The van der Waals surface area contributed by atoms with Gasteiger partial charge in [0.05, 0.1) is 6.10 Å². The summed E-state index contributed by atoms with van der Waals surface area (Å²) in [5, 5.41) is 0. The second-order valence-electron chi connectivity index (χ2n) is 8.93. The van der Waals surface area contributed by atoms with Gasteiger partial charge in [-0.15, -0.1) is 0 Å². The third-order valence-electron chi connectivity index (χ3n) is 6.58. The fourth-order valence-electron chi connectivity index (χ4n) is 4.66. The van der Waals surface area contributed by atoms with Crippen LogP contribution in [0.4, 0.5) is 13.2 Å². The molecule has 0 atom stereocenters. The van der Waals surface area contributed by atoms with E-state index in [9.17, 15) is 4.39 Å². The summed E-state index contributed by atoms with van der Waals surface area (Å²) in [4.78, 5) is 0. The second kappa shape index (κ2) is 12.1. The van der Waals surface area contributed by atoms with Gasteiger partial charge >= 0.3 is 0 Å². The highest BCUT2D eigenvalue weighted by atomic mass is 19.2. The summed E-state index contributed by atoms with van der Waals surface area (Å²) >= 11 is 0. The van der Waals surface area contributed by atoms with Crippen LogP contribution in [0.1, 0.15) is 49.7 Å². The Morgan fingerprint density at radius 3 is 2.25 bits per heavy atom. The maximum atomic E-state index is 15.0. The van der Waals surface area contributed by atoms with Crippen LogP contribution in [-0.2, 0) is 11.3 Å². The van der Waals surface area contributed by atoms with Gasteiger partial charge in [0.15, 0.2) is 11.6 Å². The molecule has 0 bridgehead atoms. The third kappa shape index (κ3) is 6.11. The number of hydrogen-bond acceptors (Lipinski definition) is 3. The lowest BCUT2D eigenvalue weighted by atomic mass is 9.82. The molecule has 1 fully saturated rings.